The van der Waals surface area contributed by atoms with Crippen LogP contribution in [0.25, 0.3) is 0 Å². The van der Waals surface area contributed by atoms with E-state index in [1.165, 1.54) is 23.1 Å². The minimum atomic E-state index is -4.93. The second-order valence-corrected chi connectivity index (χ2v) is 5.07. The van der Waals surface area contributed by atoms with Crippen LogP contribution in [-0.4, -0.2) is 35.4 Å². The summed E-state index contributed by atoms with van der Waals surface area (Å²) >= 11 is 0. The maximum absolute atomic E-state index is 13.1. The number of rotatable bonds is 4. The van der Waals surface area contributed by atoms with Gasteiger partial charge in [0.05, 0.1) is 0 Å². The molecule has 0 saturated carbocycles. The zero-order valence-corrected chi connectivity index (χ0v) is 11.9. The predicted octanol–water partition coefficient (Wildman–Crippen LogP) is 2.87. The highest BCUT2D eigenvalue weighted by Gasteiger charge is 2.37. The van der Waals surface area contributed by atoms with E-state index in [4.69, 9.17) is 0 Å². The van der Waals surface area contributed by atoms with E-state index in [1.54, 1.807) is 0 Å². The van der Waals surface area contributed by atoms with Crippen molar-refractivity contribution in [2.45, 2.75) is 25.1 Å². The van der Waals surface area contributed by atoms with E-state index in [9.17, 15) is 27.2 Å². The molecule has 1 N–H and O–H groups in total. The number of hydrogen-bond acceptors (Lipinski definition) is 3. The second-order valence-electron chi connectivity index (χ2n) is 5.07. The van der Waals surface area contributed by atoms with Gasteiger partial charge in [-0.2, -0.15) is 13.2 Å². The third-order valence-corrected chi connectivity index (χ3v) is 3.39. The second kappa shape index (κ2) is 6.80. The Labute approximate surface area is 129 Å². The molecule has 1 amide bonds. The lowest BCUT2D eigenvalue weighted by Crippen LogP contribution is -2.36. The van der Waals surface area contributed by atoms with Crippen LogP contribution in [0, 0.1) is 5.82 Å². The molecular weight excluding hydrogens is 316 g/mol. The number of benzene rings is 1. The first kappa shape index (κ1) is 17.0. The highest BCUT2D eigenvalue weighted by Crippen LogP contribution is 2.21. The largest absolute Gasteiger partial charge is 0.454 e. The Balaban J connectivity index is 2.02. The molecule has 1 aliphatic heterocycles. The summed E-state index contributed by atoms with van der Waals surface area (Å²) < 4.78 is 49.6. The summed E-state index contributed by atoms with van der Waals surface area (Å²) in [6, 6.07) is 4.60. The standard InChI is InChI=1S/C15H14F4N2O2/c16-10-3-1-4-11(9-10)20-14(23)12-5-2-7-21(12)8-6-13(22)15(17,18)19/h1,3-4,6,8-9,12H,2,5,7H2,(H,20,23). The van der Waals surface area contributed by atoms with Gasteiger partial charge in [0.25, 0.3) is 5.78 Å². The van der Waals surface area contributed by atoms with Crippen molar-refractivity contribution in [3.63, 3.8) is 0 Å². The van der Waals surface area contributed by atoms with Gasteiger partial charge in [-0.15, -0.1) is 0 Å². The molecule has 1 aliphatic rings. The van der Waals surface area contributed by atoms with Crippen LogP contribution < -0.4 is 5.32 Å². The highest BCUT2D eigenvalue weighted by atomic mass is 19.4. The number of halogens is 4. The fourth-order valence-corrected chi connectivity index (χ4v) is 2.30. The summed E-state index contributed by atoms with van der Waals surface area (Å²) in [4.78, 5) is 24.4. The maximum Gasteiger partial charge on any atom is 0.454 e. The van der Waals surface area contributed by atoms with Crippen LogP contribution in [0.15, 0.2) is 36.5 Å². The van der Waals surface area contributed by atoms with Gasteiger partial charge in [-0.05, 0) is 31.0 Å². The zero-order valence-electron chi connectivity index (χ0n) is 11.9. The topological polar surface area (TPSA) is 49.4 Å². The number of likely N-dealkylation sites (tertiary alicyclic amines) is 1. The van der Waals surface area contributed by atoms with Crippen LogP contribution in [0.2, 0.25) is 0 Å². The number of alkyl halides is 3. The first-order valence-corrected chi connectivity index (χ1v) is 6.89. The van der Waals surface area contributed by atoms with Gasteiger partial charge in [0, 0.05) is 24.5 Å². The SMILES string of the molecule is O=C(Nc1cccc(F)c1)C1CCCN1C=CC(=O)C(F)(F)F. The number of nitrogens with zero attached hydrogens (tertiary/aromatic N) is 1. The quantitative estimate of drug-likeness (QED) is 0.682. The van der Waals surface area contributed by atoms with Crippen molar-refractivity contribution < 1.29 is 27.2 Å². The van der Waals surface area contributed by atoms with Gasteiger partial charge >= 0.3 is 6.18 Å². The fourth-order valence-electron chi connectivity index (χ4n) is 2.30. The summed E-state index contributed by atoms with van der Waals surface area (Å²) in [6.07, 6.45) is -2.50. The van der Waals surface area contributed by atoms with Crippen LogP contribution in [-0.2, 0) is 9.59 Å². The van der Waals surface area contributed by atoms with Crippen LogP contribution in [0.5, 0.6) is 0 Å². The van der Waals surface area contributed by atoms with Crippen molar-refractivity contribution >= 4 is 17.4 Å². The Hall–Kier alpha value is -2.38. The number of hydrogen-bond donors (Lipinski definition) is 1. The van der Waals surface area contributed by atoms with E-state index in [2.05, 4.69) is 5.32 Å². The van der Waals surface area contributed by atoms with Crippen molar-refractivity contribution in [3.8, 4) is 0 Å². The third kappa shape index (κ3) is 4.54. The molecule has 1 heterocycles. The lowest BCUT2D eigenvalue weighted by molar-refractivity contribution is -0.165. The van der Waals surface area contributed by atoms with Crippen LogP contribution in [0.4, 0.5) is 23.2 Å². The van der Waals surface area contributed by atoms with E-state index in [0.29, 0.717) is 25.5 Å². The van der Waals surface area contributed by atoms with E-state index >= 15 is 0 Å². The Bertz CT molecular complexity index is 628. The maximum atomic E-state index is 13.1. The number of allylic oxidation sites excluding steroid dienone is 1. The lowest BCUT2D eigenvalue weighted by Gasteiger charge is -2.22. The molecule has 0 aliphatic carbocycles. The number of anilines is 1. The summed E-state index contributed by atoms with van der Waals surface area (Å²) in [5, 5.41) is 2.51. The molecule has 8 heteroatoms. The molecule has 0 radical (unpaired) electrons. The molecule has 1 fully saturated rings. The predicted molar refractivity (Wildman–Crippen MR) is 75.0 cm³/mol. The summed E-state index contributed by atoms with van der Waals surface area (Å²) in [7, 11) is 0. The minimum Gasteiger partial charge on any atom is -0.365 e. The van der Waals surface area contributed by atoms with Crippen molar-refractivity contribution in [3.05, 3.63) is 42.4 Å². The third-order valence-electron chi connectivity index (χ3n) is 3.39. The molecule has 0 spiro atoms. The number of nitrogens with one attached hydrogen (secondary N) is 1. The molecule has 0 aromatic heterocycles. The van der Waals surface area contributed by atoms with Gasteiger partial charge in [0.1, 0.15) is 11.9 Å². The van der Waals surface area contributed by atoms with Crippen molar-refractivity contribution in [1.82, 2.24) is 4.90 Å². The molecule has 1 saturated heterocycles. The van der Waals surface area contributed by atoms with Gasteiger partial charge in [-0.25, -0.2) is 4.39 Å². The number of carbonyl (C=O) groups is 2. The van der Waals surface area contributed by atoms with Crippen LogP contribution in [0.3, 0.4) is 0 Å². The summed E-state index contributed by atoms with van der Waals surface area (Å²) in [6.45, 7) is 0.364. The Kier molecular flexibility index (Phi) is 5.02. The van der Waals surface area contributed by atoms with Crippen LogP contribution in [0.1, 0.15) is 12.8 Å². The van der Waals surface area contributed by atoms with Gasteiger partial charge in [-0.1, -0.05) is 6.07 Å². The fraction of sp³-hybridized carbons (Fsp3) is 0.333. The summed E-state index contributed by atoms with van der Waals surface area (Å²) in [5.41, 5.74) is 0.261. The smallest absolute Gasteiger partial charge is 0.365 e. The zero-order chi connectivity index (χ0) is 17.0. The summed E-state index contributed by atoms with van der Waals surface area (Å²) in [5.74, 6) is -2.95. The number of carbonyl (C=O) groups excluding carboxylic acids is 2. The van der Waals surface area contributed by atoms with E-state index in [0.717, 1.165) is 12.3 Å². The first-order chi connectivity index (χ1) is 10.8. The molecule has 4 nitrogen and oxygen atoms in total. The Morgan fingerprint density at radius 1 is 1.30 bits per heavy atom. The monoisotopic (exact) mass is 330 g/mol. The lowest BCUT2D eigenvalue weighted by atomic mass is 10.2. The van der Waals surface area contributed by atoms with Gasteiger partial charge in [-0.3, -0.25) is 9.59 Å². The minimum absolute atomic E-state index is 0.261. The molecule has 23 heavy (non-hydrogen) atoms. The number of amides is 1. The average molecular weight is 330 g/mol. The first-order valence-electron chi connectivity index (χ1n) is 6.89. The molecule has 124 valence electrons. The molecule has 2 rings (SSSR count). The molecular formula is C15H14F4N2O2. The van der Waals surface area contributed by atoms with Crippen LogP contribution >= 0.6 is 0 Å². The van der Waals surface area contributed by atoms with E-state index in [-0.39, 0.29) is 5.69 Å². The average Bonchev–Trinajstić information content (AvgIpc) is 2.92. The van der Waals surface area contributed by atoms with Gasteiger partial charge in [0.15, 0.2) is 0 Å². The normalized spacial score (nSPS) is 18.4. The van der Waals surface area contributed by atoms with E-state index < -0.39 is 29.7 Å². The van der Waals surface area contributed by atoms with Gasteiger partial charge in [0.2, 0.25) is 5.91 Å². The van der Waals surface area contributed by atoms with Crippen molar-refractivity contribution in [2.75, 3.05) is 11.9 Å². The van der Waals surface area contributed by atoms with Crippen molar-refractivity contribution in [1.29, 1.82) is 0 Å². The highest BCUT2D eigenvalue weighted by molar-refractivity contribution is 5.96. The molecule has 1 aromatic rings. The van der Waals surface area contributed by atoms with Gasteiger partial charge < -0.3 is 10.2 Å². The Morgan fingerprint density at radius 2 is 2.04 bits per heavy atom. The molecule has 1 unspecified atom stereocenters. The Morgan fingerprint density at radius 3 is 2.70 bits per heavy atom. The van der Waals surface area contributed by atoms with Crippen molar-refractivity contribution in [2.24, 2.45) is 0 Å². The molecule has 0 bridgehead atoms. The molecule has 1 aromatic carbocycles. The number of ketones is 1. The molecule has 1 atom stereocenters. The van der Waals surface area contributed by atoms with E-state index in [1.807, 2.05) is 0 Å².